The first-order valence-corrected chi connectivity index (χ1v) is 6.97. The fourth-order valence-corrected chi connectivity index (χ4v) is 1.55. The third kappa shape index (κ3) is 6.32. The standard InChI is InChI=1S/C16H20N2O5/c1-15(2,3)23-13(20)16(4,17-11-19)18-14(21)22-10-12-8-6-5-7-9-12/h5-9H,10H2,1-4H3,(H,18,21)/t16-/m0/s1. The van der Waals surface area contributed by atoms with Gasteiger partial charge in [0.15, 0.2) is 0 Å². The van der Waals surface area contributed by atoms with Gasteiger partial charge in [-0.05, 0) is 33.3 Å². The van der Waals surface area contributed by atoms with Crippen LogP contribution in [0.2, 0.25) is 0 Å². The van der Waals surface area contributed by atoms with Crippen molar-refractivity contribution in [2.24, 2.45) is 4.99 Å². The van der Waals surface area contributed by atoms with E-state index in [1.165, 1.54) is 13.0 Å². The van der Waals surface area contributed by atoms with Gasteiger partial charge in [0.2, 0.25) is 11.7 Å². The van der Waals surface area contributed by atoms with Crippen LogP contribution in [0, 0.1) is 0 Å². The minimum Gasteiger partial charge on any atom is -0.457 e. The summed E-state index contributed by atoms with van der Waals surface area (Å²) in [5.74, 6) is -0.884. The molecule has 1 rings (SSSR count). The van der Waals surface area contributed by atoms with Gasteiger partial charge in [0.05, 0.1) is 0 Å². The summed E-state index contributed by atoms with van der Waals surface area (Å²) in [5, 5.41) is 2.22. The number of alkyl carbamates (subject to hydrolysis) is 1. The van der Waals surface area contributed by atoms with Crippen LogP contribution in [0.3, 0.4) is 0 Å². The van der Waals surface area contributed by atoms with Crippen LogP contribution in [-0.4, -0.2) is 29.4 Å². The largest absolute Gasteiger partial charge is 0.457 e. The second-order valence-corrected chi connectivity index (χ2v) is 5.96. The van der Waals surface area contributed by atoms with Crippen molar-refractivity contribution in [3.63, 3.8) is 0 Å². The molecule has 1 amide bonds. The molecule has 1 aromatic rings. The smallest absolute Gasteiger partial charge is 0.409 e. The van der Waals surface area contributed by atoms with E-state index >= 15 is 0 Å². The van der Waals surface area contributed by atoms with E-state index in [9.17, 15) is 14.4 Å². The highest BCUT2D eigenvalue weighted by atomic mass is 16.6. The molecule has 7 heteroatoms. The van der Waals surface area contributed by atoms with E-state index in [1.807, 2.05) is 6.07 Å². The van der Waals surface area contributed by atoms with E-state index in [-0.39, 0.29) is 6.61 Å². The Morgan fingerprint density at radius 3 is 2.30 bits per heavy atom. The summed E-state index contributed by atoms with van der Waals surface area (Å²) in [6, 6.07) is 9.01. The molecule has 1 atom stereocenters. The van der Waals surface area contributed by atoms with Gasteiger partial charge in [0.1, 0.15) is 12.2 Å². The Morgan fingerprint density at radius 2 is 1.78 bits per heavy atom. The Morgan fingerprint density at radius 1 is 1.17 bits per heavy atom. The molecule has 0 saturated carbocycles. The minimum absolute atomic E-state index is 0.0157. The van der Waals surface area contributed by atoms with Crippen molar-refractivity contribution in [3.05, 3.63) is 35.9 Å². The zero-order chi connectivity index (χ0) is 17.5. The van der Waals surface area contributed by atoms with Crippen molar-refractivity contribution in [3.8, 4) is 0 Å². The quantitative estimate of drug-likeness (QED) is 0.510. The second kappa shape index (κ2) is 7.56. The zero-order valence-electron chi connectivity index (χ0n) is 13.6. The molecular formula is C16H20N2O5. The molecule has 1 aromatic carbocycles. The molecule has 0 aliphatic heterocycles. The van der Waals surface area contributed by atoms with Crippen molar-refractivity contribution in [2.45, 2.75) is 45.6 Å². The Hall–Kier alpha value is -2.66. The highest BCUT2D eigenvalue weighted by molar-refractivity contribution is 5.86. The predicted octanol–water partition coefficient (Wildman–Crippen LogP) is 2.31. The van der Waals surface area contributed by atoms with Crippen LogP contribution in [0.15, 0.2) is 35.3 Å². The Kier molecular flexibility index (Phi) is 6.04. The SMILES string of the molecule is CC(C)(C)OC(=O)[C@@](C)(N=C=O)NC(=O)OCc1ccccc1. The number of benzene rings is 1. The van der Waals surface area contributed by atoms with Crippen molar-refractivity contribution < 1.29 is 23.9 Å². The lowest BCUT2D eigenvalue weighted by Gasteiger charge is -2.27. The topological polar surface area (TPSA) is 94.1 Å². The molecule has 23 heavy (non-hydrogen) atoms. The van der Waals surface area contributed by atoms with Crippen LogP contribution in [-0.2, 0) is 25.7 Å². The Labute approximate surface area is 134 Å². The van der Waals surface area contributed by atoms with Gasteiger partial charge >= 0.3 is 12.1 Å². The predicted molar refractivity (Wildman–Crippen MR) is 82.1 cm³/mol. The van der Waals surface area contributed by atoms with E-state index in [0.29, 0.717) is 0 Å². The molecule has 0 radical (unpaired) electrons. The van der Waals surface area contributed by atoms with Gasteiger partial charge in [0.25, 0.3) is 0 Å². The maximum atomic E-state index is 12.1. The Bertz CT molecular complexity index is 603. The van der Waals surface area contributed by atoms with Crippen LogP contribution in [0.1, 0.15) is 33.3 Å². The zero-order valence-corrected chi connectivity index (χ0v) is 13.6. The van der Waals surface area contributed by atoms with Gasteiger partial charge < -0.3 is 9.47 Å². The molecule has 0 heterocycles. The second-order valence-electron chi connectivity index (χ2n) is 5.96. The van der Waals surface area contributed by atoms with Gasteiger partial charge in [-0.3, -0.25) is 5.32 Å². The number of aliphatic imine (C=N–C) groups is 1. The van der Waals surface area contributed by atoms with Crippen LogP contribution in [0.25, 0.3) is 0 Å². The summed E-state index contributed by atoms with van der Waals surface area (Å²) in [6.07, 6.45) is 0.356. The number of carbonyl (C=O) groups is 2. The minimum atomic E-state index is -1.90. The molecule has 1 N–H and O–H groups in total. The molecule has 0 spiro atoms. The average molecular weight is 320 g/mol. The Balaban J connectivity index is 2.72. The summed E-state index contributed by atoms with van der Waals surface area (Å²) >= 11 is 0. The number of nitrogens with zero attached hydrogens (tertiary/aromatic N) is 1. The monoisotopic (exact) mass is 320 g/mol. The molecule has 0 aliphatic carbocycles. The highest BCUT2D eigenvalue weighted by Crippen LogP contribution is 2.16. The fourth-order valence-electron chi connectivity index (χ4n) is 1.55. The average Bonchev–Trinajstić information content (AvgIpc) is 2.44. The van der Waals surface area contributed by atoms with E-state index < -0.39 is 23.3 Å². The van der Waals surface area contributed by atoms with Crippen LogP contribution in [0.4, 0.5) is 4.79 Å². The molecule has 7 nitrogen and oxygen atoms in total. The number of carbonyl (C=O) groups excluding carboxylic acids is 3. The molecule has 0 fully saturated rings. The number of hydrogen-bond acceptors (Lipinski definition) is 6. The number of amides is 1. The summed E-state index contributed by atoms with van der Waals surface area (Å²) in [4.78, 5) is 37.9. The summed E-state index contributed by atoms with van der Waals surface area (Å²) in [6.45, 7) is 6.22. The van der Waals surface area contributed by atoms with Gasteiger partial charge in [0, 0.05) is 0 Å². The number of rotatable bonds is 5. The highest BCUT2D eigenvalue weighted by Gasteiger charge is 2.39. The fraction of sp³-hybridized carbons (Fsp3) is 0.438. The van der Waals surface area contributed by atoms with Gasteiger partial charge in [-0.1, -0.05) is 30.3 Å². The molecule has 0 bridgehead atoms. The molecule has 0 aliphatic rings. The maximum Gasteiger partial charge on any atom is 0.409 e. The summed E-state index contributed by atoms with van der Waals surface area (Å²) in [5.41, 5.74) is -1.92. The molecule has 0 aromatic heterocycles. The van der Waals surface area contributed by atoms with E-state index in [4.69, 9.17) is 9.47 Å². The number of hydrogen-bond donors (Lipinski definition) is 1. The van der Waals surface area contributed by atoms with E-state index in [1.54, 1.807) is 45.0 Å². The van der Waals surface area contributed by atoms with Crippen LogP contribution < -0.4 is 5.32 Å². The molecule has 124 valence electrons. The lowest BCUT2D eigenvalue weighted by Crippen LogP contribution is -2.53. The van der Waals surface area contributed by atoms with Gasteiger partial charge in [-0.2, -0.15) is 4.99 Å². The molecule has 0 unspecified atom stereocenters. The normalized spacial score (nSPS) is 13.2. The number of isocyanates is 1. The van der Waals surface area contributed by atoms with Crippen LogP contribution >= 0.6 is 0 Å². The lowest BCUT2D eigenvalue weighted by molar-refractivity contribution is -0.162. The lowest BCUT2D eigenvalue weighted by atomic mass is 10.1. The number of esters is 1. The van der Waals surface area contributed by atoms with Crippen LogP contribution in [0.5, 0.6) is 0 Å². The molecular weight excluding hydrogens is 300 g/mol. The van der Waals surface area contributed by atoms with Crippen molar-refractivity contribution in [1.82, 2.24) is 5.32 Å². The summed E-state index contributed by atoms with van der Waals surface area (Å²) < 4.78 is 10.1. The molecule has 0 saturated heterocycles. The first-order chi connectivity index (χ1) is 10.7. The van der Waals surface area contributed by atoms with Gasteiger partial charge in [-0.15, -0.1) is 0 Å². The third-order valence-corrected chi connectivity index (χ3v) is 2.62. The summed E-state index contributed by atoms with van der Waals surface area (Å²) in [7, 11) is 0. The third-order valence-electron chi connectivity index (χ3n) is 2.62. The van der Waals surface area contributed by atoms with Gasteiger partial charge in [-0.25, -0.2) is 14.4 Å². The number of ether oxygens (including phenoxy) is 2. The van der Waals surface area contributed by atoms with Crippen molar-refractivity contribution >= 4 is 18.1 Å². The first-order valence-electron chi connectivity index (χ1n) is 6.97. The van der Waals surface area contributed by atoms with E-state index in [2.05, 4.69) is 10.3 Å². The van der Waals surface area contributed by atoms with Crippen molar-refractivity contribution in [1.29, 1.82) is 0 Å². The maximum absolute atomic E-state index is 12.1. The van der Waals surface area contributed by atoms with E-state index in [0.717, 1.165) is 5.56 Å². The number of nitrogens with one attached hydrogen (secondary N) is 1. The van der Waals surface area contributed by atoms with Crippen molar-refractivity contribution in [2.75, 3.05) is 0 Å². The first kappa shape index (κ1) is 18.4.